The number of benzene rings is 3. The first kappa shape index (κ1) is 25.0. The Morgan fingerprint density at radius 1 is 1.03 bits per heavy atom. The molecule has 2 atom stereocenters. The maximum absolute atomic E-state index is 13.5. The second-order valence-corrected chi connectivity index (χ2v) is 10.00. The molecule has 0 aliphatic carbocycles. The van der Waals surface area contributed by atoms with E-state index in [0.29, 0.717) is 22.3 Å². The molecule has 2 aliphatic rings. The fourth-order valence-electron chi connectivity index (χ4n) is 4.01. The molecule has 0 saturated carbocycles. The van der Waals surface area contributed by atoms with Gasteiger partial charge in [0.15, 0.2) is 16.8 Å². The Labute approximate surface area is 219 Å². The van der Waals surface area contributed by atoms with Gasteiger partial charge in [-0.05, 0) is 47.5 Å². The summed E-state index contributed by atoms with van der Waals surface area (Å²) >= 11 is 7.15. The van der Waals surface area contributed by atoms with E-state index in [-0.39, 0.29) is 24.0 Å². The first-order valence-electron chi connectivity index (χ1n) is 11.2. The molecular formula is C26H18ClF3N4O2S. The van der Waals surface area contributed by atoms with Crippen LogP contribution in [0.4, 0.5) is 18.9 Å². The fraction of sp³-hybridized carbons (Fsp3) is 0.154. The summed E-state index contributed by atoms with van der Waals surface area (Å²) in [6, 6.07) is 15.9. The molecule has 11 heteroatoms. The number of carbonyl (C=O) groups excluding carboxylic acids is 2. The Balaban J connectivity index is 1.34. The van der Waals surface area contributed by atoms with Crippen molar-refractivity contribution in [3.63, 3.8) is 0 Å². The van der Waals surface area contributed by atoms with Crippen molar-refractivity contribution in [1.29, 1.82) is 0 Å². The second-order valence-electron chi connectivity index (χ2n) is 8.39. The van der Waals surface area contributed by atoms with Gasteiger partial charge in [-0.2, -0.15) is 10.1 Å². The van der Waals surface area contributed by atoms with Crippen LogP contribution in [0, 0.1) is 17.5 Å². The zero-order chi connectivity index (χ0) is 26.1. The third-order valence-corrected chi connectivity index (χ3v) is 7.24. The van der Waals surface area contributed by atoms with Gasteiger partial charge in [-0.25, -0.2) is 18.2 Å². The van der Waals surface area contributed by atoms with E-state index in [4.69, 9.17) is 16.7 Å². The van der Waals surface area contributed by atoms with E-state index >= 15 is 0 Å². The lowest BCUT2D eigenvalue weighted by atomic mass is 9.99. The summed E-state index contributed by atoms with van der Waals surface area (Å²) in [5.41, 5.74) is 2.40. The first-order valence-corrected chi connectivity index (χ1v) is 12.4. The van der Waals surface area contributed by atoms with Gasteiger partial charge in [0.2, 0.25) is 5.91 Å². The number of hydrogen-bond acceptors (Lipinski definition) is 5. The molecule has 3 aromatic rings. The summed E-state index contributed by atoms with van der Waals surface area (Å²) in [6.07, 6.45) is 0.256. The van der Waals surface area contributed by atoms with E-state index in [2.05, 4.69) is 10.3 Å². The van der Waals surface area contributed by atoms with E-state index in [1.54, 1.807) is 29.3 Å². The molecule has 2 heterocycles. The monoisotopic (exact) mass is 542 g/mol. The topological polar surface area (TPSA) is 74.1 Å². The normalized spacial score (nSPS) is 19.1. The van der Waals surface area contributed by atoms with Crippen LogP contribution in [0.5, 0.6) is 0 Å². The number of rotatable bonds is 5. The number of anilines is 1. The van der Waals surface area contributed by atoms with Crippen molar-refractivity contribution in [2.24, 2.45) is 10.1 Å². The largest absolute Gasteiger partial charge is 0.326 e. The molecule has 0 unspecified atom stereocenters. The molecule has 6 nitrogen and oxygen atoms in total. The van der Waals surface area contributed by atoms with E-state index in [9.17, 15) is 22.8 Å². The Bertz CT molecular complexity index is 1430. The fourth-order valence-corrected chi connectivity index (χ4v) is 5.19. The lowest BCUT2D eigenvalue weighted by molar-refractivity contribution is -0.121. The maximum atomic E-state index is 13.5. The average molecular weight is 543 g/mol. The number of amides is 2. The molecule has 1 N–H and O–H groups in total. The van der Waals surface area contributed by atoms with Crippen LogP contribution in [0.2, 0.25) is 5.02 Å². The standard InChI is InChI=1S/C26H18ClF3N4O2S/c27-16-5-1-15(2-6-16)22-12-21(14-3-7-17(28)8-4-14)33-34(22)26-32-25(36)23(37-26)13-24(35)31-18-9-10-19(29)20(30)11-18/h1-11,22-23H,12-13H2,(H,31,35)/t22-,23+/m0/s1. The summed E-state index contributed by atoms with van der Waals surface area (Å²) in [7, 11) is 0. The van der Waals surface area contributed by atoms with Crippen molar-refractivity contribution < 1.29 is 22.8 Å². The molecule has 2 aliphatic heterocycles. The molecule has 0 aromatic heterocycles. The van der Waals surface area contributed by atoms with Crippen molar-refractivity contribution in [3.8, 4) is 0 Å². The second kappa shape index (κ2) is 10.4. The summed E-state index contributed by atoms with van der Waals surface area (Å²) < 4.78 is 40.0. The quantitative estimate of drug-likeness (QED) is 0.433. The molecule has 2 amide bonds. The van der Waals surface area contributed by atoms with Crippen LogP contribution in [0.15, 0.2) is 76.8 Å². The Hall–Kier alpha value is -3.63. The molecule has 188 valence electrons. The number of thioether (sulfide) groups is 1. The first-order chi connectivity index (χ1) is 17.8. The van der Waals surface area contributed by atoms with Crippen molar-refractivity contribution in [1.82, 2.24) is 5.01 Å². The molecule has 0 saturated heterocycles. The zero-order valence-corrected chi connectivity index (χ0v) is 20.6. The smallest absolute Gasteiger partial charge is 0.262 e. The Morgan fingerprint density at radius 3 is 2.46 bits per heavy atom. The van der Waals surface area contributed by atoms with Crippen LogP contribution in [0.1, 0.15) is 30.0 Å². The molecule has 0 fully saturated rings. The van der Waals surface area contributed by atoms with Gasteiger partial charge < -0.3 is 5.32 Å². The van der Waals surface area contributed by atoms with Gasteiger partial charge in [-0.15, -0.1) is 0 Å². The van der Waals surface area contributed by atoms with E-state index < -0.39 is 28.7 Å². The number of amidine groups is 1. The Morgan fingerprint density at radius 2 is 1.76 bits per heavy atom. The van der Waals surface area contributed by atoms with Gasteiger partial charge >= 0.3 is 0 Å². The highest BCUT2D eigenvalue weighted by Gasteiger charge is 2.39. The number of nitrogens with zero attached hydrogens (tertiary/aromatic N) is 3. The van der Waals surface area contributed by atoms with Gasteiger partial charge in [0, 0.05) is 29.6 Å². The minimum Gasteiger partial charge on any atom is -0.326 e. The molecule has 5 rings (SSSR count). The highest BCUT2D eigenvalue weighted by atomic mass is 35.5. The summed E-state index contributed by atoms with van der Waals surface area (Å²) in [5, 5.41) is 8.89. The van der Waals surface area contributed by atoms with Gasteiger partial charge in [-0.1, -0.05) is 47.6 Å². The highest BCUT2D eigenvalue weighted by molar-refractivity contribution is 8.15. The maximum Gasteiger partial charge on any atom is 0.262 e. The van der Waals surface area contributed by atoms with E-state index in [1.807, 2.05) is 12.1 Å². The SMILES string of the molecule is O=C(C[C@H]1SC(N2N=C(c3ccc(F)cc3)C[C@H]2c2ccc(Cl)cc2)=NC1=O)Nc1ccc(F)c(F)c1. The van der Waals surface area contributed by atoms with Gasteiger partial charge in [-0.3, -0.25) is 9.59 Å². The van der Waals surface area contributed by atoms with Crippen LogP contribution >= 0.6 is 23.4 Å². The van der Waals surface area contributed by atoms with Crippen molar-refractivity contribution in [3.05, 3.63) is 100 Å². The predicted octanol–water partition coefficient (Wildman–Crippen LogP) is 5.94. The number of nitrogens with one attached hydrogen (secondary N) is 1. The van der Waals surface area contributed by atoms with Crippen molar-refractivity contribution in [2.75, 3.05) is 5.32 Å². The van der Waals surface area contributed by atoms with Crippen LogP contribution in [0.3, 0.4) is 0 Å². The number of hydrogen-bond donors (Lipinski definition) is 1. The molecule has 0 bridgehead atoms. The third kappa shape index (κ3) is 5.55. The van der Waals surface area contributed by atoms with Gasteiger partial charge in [0.05, 0.1) is 11.8 Å². The number of carbonyl (C=O) groups is 2. The summed E-state index contributed by atoms with van der Waals surface area (Å²) in [6.45, 7) is 0. The number of hydrazone groups is 1. The van der Waals surface area contributed by atoms with E-state index in [0.717, 1.165) is 35.0 Å². The number of aliphatic imine (C=N–C) groups is 1. The molecule has 3 aromatic carbocycles. The van der Waals surface area contributed by atoms with E-state index in [1.165, 1.54) is 18.2 Å². The molecular weight excluding hydrogens is 525 g/mol. The van der Waals surface area contributed by atoms with Crippen molar-refractivity contribution in [2.45, 2.75) is 24.1 Å². The van der Waals surface area contributed by atoms with Crippen LogP contribution in [-0.2, 0) is 9.59 Å². The van der Waals surface area contributed by atoms with Crippen molar-refractivity contribution >= 4 is 51.7 Å². The van der Waals surface area contributed by atoms with Crippen LogP contribution in [0.25, 0.3) is 0 Å². The predicted molar refractivity (Wildman–Crippen MR) is 137 cm³/mol. The van der Waals surface area contributed by atoms with Gasteiger partial charge in [0.1, 0.15) is 11.1 Å². The summed E-state index contributed by atoms with van der Waals surface area (Å²) in [4.78, 5) is 29.3. The molecule has 37 heavy (non-hydrogen) atoms. The minimum atomic E-state index is -1.09. The third-order valence-electron chi connectivity index (χ3n) is 5.84. The number of halogens is 4. The molecule has 0 spiro atoms. The van der Waals surface area contributed by atoms with Crippen LogP contribution < -0.4 is 5.32 Å². The zero-order valence-electron chi connectivity index (χ0n) is 19.0. The lowest BCUT2D eigenvalue weighted by Crippen LogP contribution is -2.25. The van der Waals surface area contributed by atoms with Crippen LogP contribution in [-0.4, -0.2) is 33.0 Å². The summed E-state index contributed by atoms with van der Waals surface area (Å²) in [5.74, 6) is -3.52. The highest BCUT2D eigenvalue weighted by Crippen LogP contribution is 2.39. The minimum absolute atomic E-state index is 0.0800. The molecule has 0 radical (unpaired) electrons. The van der Waals surface area contributed by atoms with Gasteiger partial charge in [0.25, 0.3) is 5.91 Å². The Kier molecular flexibility index (Phi) is 7.03. The lowest BCUT2D eigenvalue weighted by Gasteiger charge is -2.23. The average Bonchev–Trinajstić information content (AvgIpc) is 3.46.